The third-order valence-electron chi connectivity index (χ3n) is 3.91. The summed E-state index contributed by atoms with van der Waals surface area (Å²) in [5, 5.41) is 3.18. The molecule has 1 atom stereocenters. The number of esters is 1. The van der Waals surface area contributed by atoms with Crippen molar-refractivity contribution >= 4 is 29.3 Å². The first-order valence-corrected chi connectivity index (χ1v) is 10.2. The van der Waals surface area contributed by atoms with Crippen molar-refractivity contribution in [2.45, 2.75) is 51.3 Å². The molecular weight excluding hydrogens is 378 g/mol. The summed E-state index contributed by atoms with van der Waals surface area (Å²) in [5.74, 6) is -0.510. The molecule has 2 aromatic rings. The van der Waals surface area contributed by atoms with Gasteiger partial charge in [-0.15, -0.1) is 0 Å². The van der Waals surface area contributed by atoms with Crippen molar-refractivity contribution in [1.82, 2.24) is 9.97 Å². The lowest BCUT2D eigenvalue weighted by Crippen LogP contribution is -2.16. The number of aromatic amines is 1. The molecular formula is C20H25N3O4S. The van der Waals surface area contributed by atoms with Crippen LogP contribution in [0.4, 0.5) is 5.69 Å². The van der Waals surface area contributed by atoms with Gasteiger partial charge in [0.25, 0.3) is 5.56 Å². The Hall–Kier alpha value is -2.61. The number of aromatic nitrogens is 2. The first-order valence-electron chi connectivity index (χ1n) is 9.25. The lowest BCUT2D eigenvalue weighted by Gasteiger charge is -2.11. The highest BCUT2D eigenvalue weighted by molar-refractivity contribution is 7.99. The van der Waals surface area contributed by atoms with Crippen molar-refractivity contribution in [3.8, 4) is 0 Å². The molecule has 0 aliphatic heterocycles. The van der Waals surface area contributed by atoms with E-state index in [4.69, 9.17) is 4.74 Å². The van der Waals surface area contributed by atoms with Crippen LogP contribution < -0.4 is 10.9 Å². The summed E-state index contributed by atoms with van der Waals surface area (Å²) in [5.41, 5.74) is 1.50. The molecule has 2 N–H and O–H groups in total. The van der Waals surface area contributed by atoms with Crippen molar-refractivity contribution in [3.05, 3.63) is 51.9 Å². The Morgan fingerprint density at radius 3 is 2.61 bits per heavy atom. The smallest absolute Gasteiger partial charge is 0.338 e. The molecule has 1 aromatic heterocycles. The molecule has 0 spiro atoms. The van der Waals surface area contributed by atoms with E-state index >= 15 is 0 Å². The lowest BCUT2D eigenvalue weighted by atomic mass is 10.2. The molecule has 0 aliphatic carbocycles. The van der Waals surface area contributed by atoms with Crippen LogP contribution in [-0.4, -0.2) is 33.7 Å². The van der Waals surface area contributed by atoms with E-state index in [-0.39, 0.29) is 29.3 Å². The Kier molecular flexibility index (Phi) is 8.25. The molecule has 0 saturated heterocycles. The number of hydrogen-bond acceptors (Lipinski definition) is 6. The normalized spacial score (nSPS) is 11.7. The second kappa shape index (κ2) is 10.7. The molecule has 1 aromatic carbocycles. The van der Waals surface area contributed by atoms with Gasteiger partial charge in [-0.1, -0.05) is 32.0 Å². The van der Waals surface area contributed by atoms with Crippen LogP contribution in [0.5, 0.6) is 0 Å². The highest BCUT2D eigenvalue weighted by Gasteiger charge is 2.11. The molecule has 28 heavy (non-hydrogen) atoms. The highest BCUT2D eigenvalue weighted by atomic mass is 32.2. The first-order chi connectivity index (χ1) is 13.4. The van der Waals surface area contributed by atoms with E-state index in [9.17, 15) is 14.4 Å². The number of H-pyrrole nitrogens is 1. The molecule has 1 unspecified atom stereocenters. The van der Waals surface area contributed by atoms with Gasteiger partial charge in [0.1, 0.15) is 0 Å². The molecule has 1 amide bonds. The van der Waals surface area contributed by atoms with Gasteiger partial charge in [0.15, 0.2) is 5.16 Å². The summed E-state index contributed by atoms with van der Waals surface area (Å²) >= 11 is 1.17. The van der Waals surface area contributed by atoms with E-state index in [2.05, 4.69) is 15.3 Å². The molecule has 8 heteroatoms. The van der Waals surface area contributed by atoms with Crippen molar-refractivity contribution < 1.29 is 14.3 Å². The lowest BCUT2D eigenvalue weighted by molar-refractivity contribution is -0.113. The Labute approximate surface area is 168 Å². The maximum atomic E-state index is 12.1. The molecule has 0 saturated carbocycles. The maximum absolute atomic E-state index is 12.1. The fraction of sp³-hybridized carbons (Fsp3) is 0.400. The molecule has 1 heterocycles. The van der Waals surface area contributed by atoms with E-state index in [0.717, 1.165) is 19.3 Å². The van der Waals surface area contributed by atoms with Gasteiger partial charge in [0.2, 0.25) is 5.91 Å². The molecule has 150 valence electrons. The zero-order valence-electron chi connectivity index (χ0n) is 16.3. The summed E-state index contributed by atoms with van der Waals surface area (Å²) in [6.07, 6.45) is 2.22. The van der Waals surface area contributed by atoms with Crippen LogP contribution in [-0.2, 0) is 16.0 Å². The molecule has 0 bridgehead atoms. The number of amides is 1. The third kappa shape index (κ3) is 6.84. The average Bonchev–Trinajstić information content (AvgIpc) is 2.66. The predicted molar refractivity (Wildman–Crippen MR) is 110 cm³/mol. The first kappa shape index (κ1) is 21.7. The fourth-order valence-corrected chi connectivity index (χ4v) is 2.99. The summed E-state index contributed by atoms with van der Waals surface area (Å²) < 4.78 is 5.27. The average molecular weight is 404 g/mol. The van der Waals surface area contributed by atoms with Crippen molar-refractivity contribution in [2.75, 3.05) is 11.1 Å². The van der Waals surface area contributed by atoms with Crippen LogP contribution in [0.25, 0.3) is 0 Å². The number of thioether (sulfide) groups is 1. The van der Waals surface area contributed by atoms with Gasteiger partial charge in [-0.2, -0.15) is 0 Å². The van der Waals surface area contributed by atoms with Gasteiger partial charge in [-0.3, -0.25) is 9.59 Å². The number of nitrogens with one attached hydrogen (secondary N) is 2. The molecule has 0 fully saturated rings. The van der Waals surface area contributed by atoms with Gasteiger partial charge in [0.05, 0.1) is 17.4 Å². The van der Waals surface area contributed by atoms with Crippen LogP contribution in [0.15, 0.2) is 40.3 Å². The van der Waals surface area contributed by atoms with Crippen LogP contribution in [0.3, 0.4) is 0 Å². The van der Waals surface area contributed by atoms with E-state index in [0.29, 0.717) is 22.1 Å². The number of anilines is 1. The summed E-state index contributed by atoms with van der Waals surface area (Å²) in [6.45, 7) is 5.79. The number of carbonyl (C=O) groups excluding carboxylic acids is 2. The topological polar surface area (TPSA) is 101 Å². The number of ether oxygens (including phenoxy) is 1. The van der Waals surface area contributed by atoms with Gasteiger partial charge >= 0.3 is 5.97 Å². The fourth-order valence-electron chi connectivity index (χ4n) is 2.29. The minimum atomic E-state index is -0.384. The third-order valence-corrected chi connectivity index (χ3v) is 4.78. The Balaban J connectivity index is 1.89. The van der Waals surface area contributed by atoms with E-state index in [1.54, 1.807) is 24.3 Å². The van der Waals surface area contributed by atoms with E-state index in [1.807, 2.05) is 20.8 Å². The van der Waals surface area contributed by atoms with Gasteiger partial charge < -0.3 is 15.0 Å². The molecule has 7 nitrogen and oxygen atoms in total. The largest absolute Gasteiger partial charge is 0.459 e. The quantitative estimate of drug-likeness (QED) is 0.378. The minimum Gasteiger partial charge on any atom is -0.459 e. The highest BCUT2D eigenvalue weighted by Crippen LogP contribution is 2.15. The van der Waals surface area contributed by atoms with Crippen LogP contribution in [0, 0.1) is 0 Å². The molecule has 0 aliphatic rings. The van der Waals surface area contributed by atoms with Gasteiger partial charge in [-0.05, 0) is 44.0 Å². The number of benzene rings is 1. The zero-order chi connectivity index (χ0) is 20.5. The Morgan fingerprint density at radius 1 is 1.25 bits per heavy atom. The number of rotatable bonds is 9. The van der Waals surface area contributed by atoms with Gasteiger partial charge in [0, 0.05) is 17.4 Å². The van der Waals surface area contributed by atoms with Crippen LogP contribution >= 0.6 is 11.8 Å². The standard InChI is InChI=1S/C20H25N3O4S/c1-4-6-16-11-17(24)23-20(22-16)28-12-18(25)21-15-9-7-14(8-10-15)19(26)27-13(3)5-2/h7-11,13H,4-6,12H2,1-3H3,(H,21,25)(H,22,23,24). The van der Waals surface area contributed by atoms with Crippen molar-refractivity contribution in [1.29, 1.82) is 0 Å². The summed E-state index contributed by atoms with van der Waals surface area (Å²) in [6, 6.07) is 8.00. The second-order valence-electron chi connectivity index (χ2n) is 6.33. The monoisotopic (exact) mass is 403 g/mol. The molecule has 0 radical (unpaired) electrons. The second-order valence-corrected chi connectivity index (χ2v) is 7.29. The van der Waals surface area contributed by atoms with E-state index < -0.39 is 0 Å². The predicted octanol–water partition coefficient (Wildman–Crippen LogP) is 3.41. The Bertz CT molecular complexity index is 864. The Morgan fingerprint density at radius 2 is 1.96 bits per heavy atom. The van der Waals surface area contributed by atoms with Gasteiger partial charge in [-0.25, -0.2) is 9.78 Å². The van der Waals surface area contributed by atoms with Crippen molar-refractivity contribution in [3.63, 3.8) is 0 Å². The van der Waals surface area contributed by atoms with E-state index in [1.165, 1.54) is 17.8 Å². The van der Waals surface area contributed by atoms with Crippen LogP contribution in [0.1, 0.15) is 49.7 Å². The number of hydrogen-bond donors (Lipinski definition) is 2. The van der Waals surface area contributed by atoms with Crippen molar-refractivity contribution in [2.24, 2.45) is 0 Å². The number of aryl methyl sites for hydroxylation is 1. The maximum Gasteiger partial charge on any atom is 0.338 e. The van der Waals surface area contributed by atoms with Crippen LogP contribution in [0.2, 0.25) is 0 Å². The summed E-state index contributed by atoms with van der Waals surface area (Å²) in [4.78, 5) is 42.7. The molecule has 2 rings (SSSR count). The zero-order valence-corrected chi connectivity index (χ0v) is 17.1. The number of carbonyl (C=O) groups is 2. The summed E-state index contributed by atoms with van der Waals surface area (Å²) in [7, 11) is 0. The SMILES string of the molecule is CCCc1cc(=O)[nH]c(SCC(=O)Nc2ccc(C(=O)OC(C)CC)cc2)n1. The minimum absolute atomic E-state index is 0.107. The number of nitrogens with zero attached hydrogens (tertiary/aromatic N) is 1.